The summed E-state index contributed by atoms with van der Waals surface area (Å²) in [5.41, 5.74) is 6.14. The van der Waals surface area contributed by atoms with Crippen LogP contribution in [0.25, 0.3) is 11.0 Å². The first-order chi connectivity index (χ1) is 13.0. The van der Waals surface area contributed by atoms with E-state index in [4.69, 9.17) is 10.2 Å². The molecule has 0 radical (unpaired) electrons. The van der Waals surface area contributed by atoms with Gasteiger partial charge in [0.1, 0.15) is 5.58 Å². The van der Waals surface area contributed by atoms with E-state index in [0.29, 0.717) is 24.4 Å². The third-order valence-corrected chi connectivity index (χ3v) is 5.89. The first-order valence-electron chi connectivity index (χ1n) is 9.82. The number of carbonyl (C=O) groups is 2. The molecule has 1 saturated heterocycles. The van der Waals surface area contributed by atoms with Crippen LogP contribution in [-0.4, -0.2) is 42.4 Å². The number of amides is 2. The van der Waals surface area contributed by atoms with Crippen molar-refractivity contribution in [2.75, 3.05) is 19.6 Å². The van der Waals surface area contributed by atoms with Crippen LogP contribution < -0.4 is 11.1 Å². The summed E-state index contributed by atoms with van der Waals surface area (Å²) in [6.45, 7) is 5.62. The lowest BCUT2D eigenvalue weighted by Crippen LogP contribution is -2.54. The Morgan fingerprint density at radius 2 is 2.04 bits per heavy atom. The number of rotatable bonds is 6. The van der Waals surface area contributed by atoms with E-state index in [2.05, 4.69) is 5.32 Å². The molecule has 27 heavy (non-hydrogen) atoms. The number of benzene rings is 1. The van der Waals surface area contributed by atoms with Gasteiger partial charge in [0, 0.05) is 31.1 Å². The van der Waals surface area contributed by atoms with Crippen molar-refractivity contribution in [3.8, 4) is 0 Å². The molecule has 0 bridgehead atoms. The maximum atomic E-state index is 13.0. The fourth-order valence-corrected chi connectivity index (χ4v) is 3.89. The number of nitrogens with two attached hydrogens (primary N) is 1. The van der Waals surface area contributed by atoms with Crippen LogP contribution in [0.3, 0.4) is 0 Å². The van der Waals surface area contributed by atoms with E-state index in [9.17, 15) is 9.59 Å². The molecule has 1 aliphatic heterocycles. The van der Waals surface area contributed by atoms with Crippen LogP contribution in [0.1, 0.15) is 50.1 Å². The summed E-state index contributed by atoms with van der Waals surface area (Å²) in [5.74, 6) is 0.178. The molecule has 0 aliphatic carbocycles. The number of hydrogen-bond donors (Lipinski definition) is 2. The zero-order valence-corrected chi connectivity index (χ0v) is 16.2. The van der Waals surface area contributed by atoms with E-state index in [0.717, 1.165) is 37.6 Å². The van der Waals surface area contributed by atoms with Crippen molar-refractivity contribution >= 4 is 22.8 Å². The second-order valence-corrected chi connectivity index (χ2v) is 7.40. The molecule has 0 spiro atoms. The number of fused-ring (bicyclic) bond motifs is 1. The average molecular weight is 371 g/mol. The molecule has 2 amide bonds. The van der Waals surface area contributed by atoms with Crippen LogP contribution in [-0.2, 0) is 4.79 Å². The minimum Gasteiger partial charge on any atom is -0.451 e. The molecule has 6 heteroatoms. The lowest BCUT2D eigenvalue weighted by Gasteiger charge is -2.39. The summed E-state index contributed by atoms with van der Waals surface area (Å²) in [6.07, 6.45) is 3.17. The highest BCUT2D eigenvalue weighted by molar-refractivity contribution is 5.96. The summed E-state index contributed by atoms with van der Waals surface area (Å²) in [6, 6.07) is 9.23. The van der Waals surface area contributed by atoms with E-state index >= 15 is 0 Å². The molecule has 6 nitrogen and oxygen atoms in total. The highest BCUT2D eigenvalue weighted by Crippen LogP contribution is 2.29. The first-order valence-corrected chi connectivity index (χ1v) is 9.82. The Hall–Kier alpha value is -2.34. The fraction of sp³-hybridized carbons (Fsp3) is 0.524. The van der Waals surface area contributed by atoms with Crippen LogP contribution in [0.15, 0.2) is 34.7 Å². The summed E-state index contributed by atoms with van der Waals surface area (Å²) >= 11 is 0. The minimum atomic E-state index is -0.495. The molecule has 2 aromatic rings. The first kappa shape index (κ1) is 19.4. The van der Waals surface area contributed by atoms with Gasteiger partial charge < -0.3 is 20.4 Å². The predicted octanol–water partition coefficient (Wildman–Crippen LogP) is 2.92. The van der Waals surface area contributed by atoms with Crippen LogP contribution in [0.4, 0.5) is 0 Å². The number of nitrogens with one attached hydrogen (secondary N) is 1. The van der Waals surface area contributed by atoms with Gasteiger partial charge in [-0.1, -0.05) is 32.0 Å². The van der Waals surface area contributed by atoms with E-state index in [1.807, 2.05) is 43.0 Å². The molecule has 3 rings (SSSR count). The zero-order chi connectivity index (χ0) is 19.4. The third kappa shape index (κ3) is 3.86. The smallest absolute Gasteiger partial charge is 0.287 e. The number of hydrogen-bond acceptors (Lipinski definition) is 4. The highest BCUT2D eigenvalue weighted by atomic mass is 16.3. The van der Waals surface area contributed by atoms with E-state index in [-0.39, 0.29) is 17.9 Å². The number of para-hydroxylation sites is 1. The second kappa shape index (κ2) is 8.13. The molecular weight excluding hydrogens is 342 g/mol. The molecule has 2 heterocycles. The maximum Gasteiger partial charge on any atom is 0.287 e. The Kier molecular flexibility index (Phi) is 5.85. The van der Waals surface area contributed by atoms with E-state index in [1.54, 1.807) is 6.07 Å². The molecule has 1 atom stereocenters. The quantitative estimate of drug-likeness (QED) is 0.817. The van der Waals surface area contributed by atoms with Gasteiger partial charge in [0.2, 0.25) is 5.91 Å². The fourth-order valence-electron chi connectivity index (χ4n) is 3.89. The maximum absolute atomic E-state index is 13.0. The van der Waals surface area contributed by atoms with Crippen LogP contribution in [0, 0.1) is 5.41 Å². The molecule has 1 fully saturated rings. The number of nitrogens with zero attached hydrogens (tertiary/aromatic N) is 1. The molecule has 3 N–H and O–H groups in total. The number of piperidine rings is 1. The summed E-state index contributed by atoms with van der Waals surface area (Å²) in [7, 11) is 0. The van der Waals surface area contributed by atoms with Crippen molar-refractivity contribution in [2.45, 2.75) is 45.6 Å². The summed E-state index contributed by atoms with van der Waals surface area (Å²) in [4.78, 5) is 27.5. The largest absolute Gasteiger partial charge is 0.451 e. The third-order valence-electron chi connectivity index (χ3n) is 5.89. The van der Waals surface area contributed by atoms with Crippen LogP contribution in [0.2, 0.25) is 0 Å². The molecule has 146 valence electrons. The van der Waals surface area contributed by atoms with Crippen molar-refractivity contribution in [2.24, 2.45) is 11.1 Å². The second-order valence-electron chi connectivity index (χ2n) is 7.40. The van der Waals surface area contributed by atoms with Gasteiger partial charge in [-0.15, -0.1) is 0 Å². The molecule has 1 unspecified atom stereocenters. The lowest BCUT2D eigenvalue weighted by atomic mass is 9.80. The number of furan rings is 1. The van der Waals surface area contributed by atoms with Crippen molar-refractivity contribution in [3.05, 3.63) is 36.1 Å². The Labute approximate surface area is 160 Å². The van der Waals surface area contributed by atoms with Crippen LogP contribution in [0.5, 0.6) is 0 Å². The number of likely N-dealkylation sites (tertiary alicyclic amines) is 1. The van der Waals surface area contributed by atoms with Gasteiger partial charge >= 0.3 is 0 Å². The Morgan fingerprint density at radius 3 is 2.70 bits per heavy atom. The van der Waals surface area contributed by atoms with Crippen molar-refractivity contribution in [1.82, 2.24) is 10.2 Å². The average Bonchev–Trinajstić information content (AvgIpc) is 3.14. The molecule has 0 saturated carbocycles. The lowest BCUT2D eigenvalue weighted by molar-refractivity contribution is -0.143. The van der Waals surface area contributed by atoms with Crippen molar-refractivity contribution in [3.63, 3.8) is 0 Å². The topological polar surface area (TPSA) is 88.6 Å². The standard InChI is InChI=1S/C21H29N3O3/c1-3-21(4-2,14-22)20(26)24-11-7-9-16(13-24)23-19(25)18-12-15-8-5-6-10-17(15)27-18/h5-6,8,10,12,16H,3-4,7,9,11,13-14,22H2,1-2H3,(H,23,25). The van der Waals surface area contributed by atoms with Gasteiger partial charge in [-0.25, -0.2) is 0 Å². The van der Waals surface area contributed by atoms with Crippen molar-refractivity contribution in [1.29, 1.82) is 0 Å². The molecule has 1 aromatic heterocycles. The Morgan fingerprint density at radius 1 is 1.30 bits per heavy atom. The molecular formula is C21H29N3O3. The summed E-state index contributed by atoms with van der Waals surface area (Å²) < 4.78 is 5.64. The van der Waals surface area contributed by atoms with Gasteiger partial charge in [0.15, 0.2) is 5.76 Å². The normalized spacial score (nSPS) is 17.9. The monoisotopic (exact) mass is 371 g/mol. The van der Waals surface area contributed by atoms with Gasteiger partial charge in [0.25, 0.3) is 5.91 Å². The van der Waals surface area contributed by atoms with E-state index in [1.165, 1.54) is 0 Å². The van der Waals surface area contributed by atoms with Crippen LogP contribution >= 0.6 is 0 Å². The van der Waals surface area contributed by atoms with Gasteiger partial charge in [0.05, 0.1) is 5.41 Å². The Balaban J connectivity index is 1.67. The van der Waals surface area contributed by atoms with E-state index < -0.39 is 5.41 Å². The molecule has 1 aromatic carbocycles. The van der Waals surface area contributed by atoms with Gasteiger partial charge in [-0.2, -0.15) is 0 Å². The molecule has 1 aliphatic rings. The highest BCUT2D eigenvalue weighted by Gasteiger charge is 2.38. The summed E-state index contributed by atoms with van der Waals surface area (Å²) in [5, 5.41) is 3.93. The number of carbonyl (C=O) groups excluding carboxylic acids is 2. The minimum absolute atomic E-state index is 0.0763. The SMILES string of the molecule is CCC(CC)(CN)C(=O)N1CCCC(NC(=O)c2cc3ccccc3o2)C1. The Bertz CT molecular complexity index is 769. The van der Waals surface area contributed by atoms with Gasteiger partial charge in [-0.3, -0.25) is 9.59 Å². The predicted molar refractivity (Wildman–Crippen MR) is 105 cm³/mol. The van der Waals surface area contributed by atoms with Gasteiger partial charge in [-0.05, 0) is 37.8 Å². The zero-order valence-electron chi connectivity index (χ0n) is 16.2. The van der Waals surface area contributed by atoms with Crippen molar-refractivity contribution < 1.29 is 14.0 Å².